The fraction of sp³-hybridized carbons (Fsp3) is 0.667. The molecule has 0 aliphatic carbocycles. The Morgan fingerprint density at radius 3 is 3.00 bits per heavy atom. The molecule has 94 valence electrons. The first-order chi connectivity index (χ1) is 8.09. The van der Waals surface area contributed by atoms with Crippen molar-refractivity contribution < 1.29 is 4.79 Å². The molecule has 0 bridgehead atoms. The van der Waals surface area contributed by atoms with Gasteiger partial charge < -0.3 is 10.6 Å². The maximum absolute atomic E-state index is 12.3. The normalized spacial score (nSPS) is 22.5. The van der Waals surface area contributed by atoms with Gasteiger partial charge in [-0.2, -0.15) is 5.10 Å². The number of aromatic amines is 1. The molecule has 2 heterocycles. The van der Waals surface area contributed by atoms with E-state index in [1.54, 1.807) is 6.07 Å². The van der Waals surface area contributed by atoms with Crippen LogP contribution in [0.25, 0.3) is 0 Å². The van der Waals surface area contributed by atoms with Gasteiger partial charge in [0.05, 0.1) is 0 Å². The minimum Gasteiger partial charge on any atom is -0.333 e. The number of aryl methyl sites for hydroxylation is 1. The van der Waals surface area contributed by atoms with Crippen molar-refractivity contribution in [3.63, 3.8) is 0 Å². The van der Waals surface area contributed by atoms with Crippen molar-refractivity contribution in [2.24, 2.45) is 5.73 Å². The average molecular weight is 236 g/mol. The summed E-state index contributed by atoms with van der Waals surface area (Å²) in [5, 5.41) is 6.83. The lowest BCUT2D eigenvalue weighted by molar-refractivity contribution is 0.0577. The first-order valence-corrected chi connectivity index (χ1v) is 6.18. The summed E-state index contributed by atoms with van der Waals surface area (Å²) in [5.74, 6) is -0.00338. The number of piperidine rings is 1. The number of hydrogen-bond acceptors (Lipinski definition) is 3. The molecule has 1 amide bonds. The monoisotopic (exact) mass is 236 g/mol. The zero-order valence-electron chi connectivity index (χ0n) is 10.4. The lowest BCUT2D eigenvalue weighted by Gasteiger charge is -2.37. The summed E-state index contributed by atoms with van der Waals surface area (Å²) in [6, 6.07) is 1.95. The van der Waals surface area contributed by atoms with E-state index < -0.39 is 0 Å². The fourth-order valence-electron chi connectivity index (χ4n) is 2.43. The molecule has 2 rings (SSSR count). The lowest BCUT2D eigenvalue weighted by Crippen LogP contribution is -2.51. The second-order valence-electron chi connectivity index (χ2n) is 4.86. The van der Waals surface area contributed by atoms with Crippen LogP contribution in [-0.2, 0) is 0 Å². The summed E-state index contributed by atoms with van der Waals surface area (Å²) >= 11 is 0. The molecule has 0 unspecified atom stereocenters. The van der Waals surface area contributed by atoms with E-state index in [1.807, 2.05) is 18.7 Å². The minimum absolute atomic E-state index is 0.00338. The van der Waals surface area contributed by atoms with E-state index in [2.05, 4.69) is 10.2 Å². The Morgan fingerprint density at radius 1 is 1.65 bits per heavy atom. The number of rotatable bonds is 2. The first kappa shape index (κ1) is 12.1. The quantitative estimate of drug-likeness (QED) is 0.806. The molecule has 0 radical (unpaired) electrons. The molecular formula is C12H20N4O. The third-order valence-corrected chi connectivity index (χ3v) is 3.34. The zero-order valence-corrected chi connectivity index (χ0v) is 10.4. The van der Waals surface area contributed by atoms with Crippen LogP contribution in [0.4, 0.5) is 0 Å². The molecule has 1 aromatic rings. The number of amides is 1. The van der Waals surface area contributed by atoms with Crippen LogP contribution in [-0.4, -0.2) is 39.6 Å². The van der Waals surface area contributed by atoms with Gasteiger partial charge in [-0.05, 0) is 39.2 Å². The highest BCUT2D eigenvalue weighted by molar-refractivity contribution is 5.92. The number of likely N-dealkylation sites (tertiary alicyclic amines) is 1. The van der Waals surface area contributed by atoms with E-state index in [0.29, 0.717) is 5.69 Å². The van der Waals surface area contributed by atoms with Crippen LogP contribution in [0.5, 0.6) is 0 Å². The summed E-state index contributed by atoms with van der Waals surface area (Å²) in [6.45, 7) is 4.64. The third-order valence-electron chi connectivity index (χ3n) is 3.34. The standard InChI is InChI=1S/C12H20N4O/c1-8-7-10(15-14-8)12(17)16-6-4-3-5-11(16)9(2)13/h7,9,11H,3-6,13H2,1-2H3,(H,14,15)/t9-,11+/m1/s1. The van der Waals surface area contributed by atoms with Gasteiger partial charge in [0.2, 0.25) is 0 Å². The molecule has 17 heavy (non-hydrogen) atoms. The van der Waals surface area contributed by atoms with Gasteiger partial charge in [0, 0.05) is 24.3 Å². The number of nitrogens with zero attached hydrogens (tertiary/aromatic N) is 2. The predicted molar refractivity (Wildman–Crippen MR) is 65.6 cm³/mol. The first-order valence-electron chi connectivity index (χ1n) is 6.18. The molecule has 0 saturated carbocycles. The summed E-state index contributed by atoms with van der Waals surface area (Å²) in [4.78, 5) is 14.2. The van der Waals surface area contributed by atoms with E-state index in [-0.39, 0.29) is 18.0 Å². The highest BCUT2D eigenvalue weighted by Crippen LogP contribution is 2.21. The molecule has 0 aromatic carbocycles. The Morgan fingerprint density at radius 2 is 2.41 bits per heavy atom. The number of carbonyl (C=O) groups excluding carboxylic acids is 1. The van der Waals surface area contributed by atoms with Gasteiger partial charge in [-0.3, -0.25) is 9.89 Å². The third kappa shape index (κ3) is 2.49. The van der Waals surface area contributed by atoms with Crippen molar-refractivity contribution in [3.05, 3.63) is 17.5 Å². The number of nitrogens with two attached hydrogens (primary N) is 1. The van der Waals surface area contributed by atoms with E-state index in [0.717, 1.165) is 31.5 Å². The molecule has 1 aromatic heterocycles. The van der Waals surface area contributed by atoms with Gasteiger partial charge in [-0.1, -0.05) is 0 Å². The van der Waals surface area contributed by atoms with Crippen LogP contribution in [0.2, 0.25) is 0 Å². The molecule has 0 spiro atoms. The molecule has 5 heteroatoms. The van der Waals surface area contributed by atoms with Crippen molar-refractivity contribution in [2.45, 2.75) is 45.2 Å². The second kappa shape index (κ2) is 4.87. The van der Waals surface area contributed by atoms with Gasteiger partial charge >= 0.3 is 0 Å². The maximum Gasteiger partial charge on any atom is 0.274 e. The van der Waals surface area contributed by atoms with Crippen molar-refractivity contribution in [2.75, 3.05) is 6.54 Å². The summed E-state index contributed by atoms with van der Waals surface area (Å²) in [5.41, 5.74) is 7.36. The molecule has 5 nitrogen and oxygen atoms in total. The van der Waals surface area contributed by atoms with E-state index in [4.69, 9.17) is 5.73 Å². The van der Waals surface area contributed by atoms with Crippen molar-refractivity contribution in [1.29, 1.82) is 0 Å². The topological polar surface area (TPSA) is 75.0 Å². The van der Waals surface area contributed by atoms with E-state index in [1.165, 1.54) is 0 Å². The number of nitrogens with one attached hydrogen (secondary N) is 1. The van der Waals surface area contributed by atoms with Crippen LogP contribution in [0.15, 0.2) is 6.07 Å². The molecule has 1 aliphatic heterocycles. The largest absolute Gasteiger partial charge is 0.333 e. The number of aromatic nitrogens is 2. The molecule has 3 N–H and O–H groups in total. The Balaban J connectivity index is 2.16. The average Bonchev–Trinajstić information content (AvgIpc) is 2.75. The fourth-order valence-corrected chi connectivity index (χ4v) is 2.43. The van der Waals surface area contributed by atoms with Crippen LogP contribution in [0.3, 0.4) is 0 Å². The Bertz CT molecular complexity index is 399. The van der Waals surface area contributed by atoms with Crippen LogP contribution >= 0.6 is 0 Å². The number of carbonyl (C=O) groups is 1. The predicted octanol–water partition coefficient (Wildman–Crippen LogP) is 1.06. The SMILES string of the molecule is Cc1cc(C(=O)N2CCCC[C@H]2[C@@H](C)N)n[nH]1. The van der Waals surface area contributed by atoms with Crippen LogP contribution in [0.1, 0.15) is 42.4 Å². The smallest absolute Gasteiger partial charge is 0.274 e. The second-order valence-corrected chi connectivity index (χ2v) is 4.86. The lowest BCUT2D eigenvalue weighted by atomic mass is 9.96. The van der Waals surface area contributed by atoms with E-state index >= 15 is 0 Å². The van der Waals surface area contributed by atoms with Crippen molar-refractivity contribution in [3.8, 4) is 0 Å². The highest BCUT2D eigenvalue weighted by Gasteiger charge is 2.30. The Labute approximate surface area is 101 Å². The van der Waals surface area contributed by atoms with Crippen LogP contribution in [0, 0.1) is 6.92 Å². The van der Waals surface area contributed by atoms with Gasteiger partial charge in [0.1, 0.15) is 5.69 Å². The Kier molecular flexibility index (Phi) is 3.47. The molecule has 2 atom stereocenters. The van der Waals surface area contributed by atoms with Gasteiger partial charge in [-0.15, -0.1) is 0 Å². The molecule has 1 fully saturated rings. The summed E-state index contributed by atoms with van der Waals surface area (Å²) in [6.07, 6.45) is 3.20. The van der Waals surface area contributed by atoms with Gasteiger partial charge in [0.25, 0.3) is 5.91 Å². The van der Waals surface area contributed by atoms with Crippen molar-refractivity contribution in [1.82, 2.24) is 15.1 Å². The molecular weight excluding hydrogens is 216 g/mol. The van der Waals surface area contributed by atoms with Gasteiger partial charge in [0.15, 0.2) is 0 Å². The molecule has 1 aliphatic rings. The minimum atomic E-state index is -0.00338. The summed E-state index contributed by atoms with van der Waals surface area (Å²) < 4.78 is 0. The summed E-state index contributed by atoms with van der Waals surface area (Å²) in [7, 11) is 0. The number of hydrogen-bond donors (Lipinski definition) is 2. The van der Waals surface area contributed by atoms with Gasteiger partial charge in [-0.25, -0.2) is 0 Å². The molecule has 1 saturated heterocycles. The zero-order chi connectivity index (χ0) is 12.4. The van der Waals surface area contributed by atoms with Crippen molar-refractivity contribution >= 4 is 5.91 Å². The number of H-pyrrole nitrogens is 1. The van der Waals surface area contributed by atoms with E-state index in [9.17, 15) is 4.79 Å². The maximum atomic E-state index is 12.3. The Hall–Kier alpha value is -1.36. The highest BCUT2D eigenvalue weighted by atomic mass is 16.2. The van der Waals surface area contributed by atoms with Crippen LogP contribution < -0.4 is 5.73 Å².